The second kappa shape index (κ2) is 10.2. The van der Waals surface area contributed by atoms with E-state index in [2.05, 4.69) is 46.1 Å². The molecule has 24 heavy (non-hydrogen) atoms. The molecule has 0 aliphatic rings. The minimum atomic E-state index is -3.13. The summed E-state index contributed by atoms with van der Waals surface area (Å²) in [6.07, 6.45) is 3.54. The van der Waals surface area contributed by atoms with E-state index in [0.29, 0.717) is 37.9 Å². The molecule has 0 saturated carbocycles. The third-order valence-electron chi connectivity index (χ3n) is 2.93. The summed E-state index contributed by atoms with van der Waals surface area (Å²) in [5.41, 5.74) is -0.0716. The van der Waals surface area contributed by atoms with Crippen LogP contribution in [0, 0.1) is 0 Å². The van der Waals surface area contributed by atoms with Gasteiger partial charge < -0.3 is 15.1 Å². The Kier molecular flexibility index (Phi) is 9.81. The summed E-state index contributed by atoms with van der Waals surface area (Å²) in [4.78, 5) is 8.33. The number of hydrogen-bond acceptors (Lipinski definition) is 5. The molecular formula is C14H28IN5O3S. The van der Waals surface area contributed by atoms with E-state index in [1.54, 1.807) is 13.2 Å². The lowest BCUT2D eigenvalue weighted by atomic mass is 9.94. The molecule has 1 aromatic heterocycles. The third kappa shape index (κ3) is 9.42. The van der Waals surface area contributed by atoms with Gasteiger partial charge in [0.2, 0.25) is 15.9 Å². The highest BCUT2D eigenvalue weighted by molar-refractivity contribution is 14.0. The molecule has 10 heteroatoms. The second-order valence-corrected chi connectivity index (χ2v) is 8.07. The highest BCUT2D eigenvalue weighted by Gasteiger charge is 2.19. The van der Waals surface area contributed by atoms with Crippen LogP contribution in [0.3, 0.4) is 0 Å². The molecule has 0 bridgehead atoms. The van der Waals surface area contributed by atoms with Crippen LogP contribution in [0.5, 0.6) is 0 Å². The monoisotopic (exact) mass is 473 g/mol. The van der Waals surface area contributed by atoms with Gasteiger partial charge in [-0.05, 0) is 6.42 Å². The Balaban J connectivity index is 0.00000529. The van der Waals surface area contributed by atoms with Crippen molar-refractivity contribution >= 4 is 40.0 Å². The van der Waals surface area contributed by atoms with E-state index in [4.69, 9.17) is 4.42 Å². The number of guanidine groups is 1. The van der Waals surface area contributed by atoms with E-state index in [1.165, 1.54) is 0 Å². The molecule has 8 nitrogen and oxygen atoms in total. The number of oxazole rings is 1. The van der Waals surface area contributed by atoms with Crippen LogP contribution < -0.4 is 15.4 Å². The largest absolute Gasteiger partial charge is 0.443 e. The van der Waals surface area contributed by atoms with Gasteiger partial charge in [-0.3, -0.25) is 4.99 Å². The number of sulfonamides is 1. The SMILES string of the molecule is CN=C(NCCCNS(C)(=O)=O)NCc1ncc(C(C)(C)C)o1.I. The Bertz CT molecular complexity index is 623. The van der Waals surface area contributed by atoms with Crippen LogP contribution in [-0.4, -0.2) is 45.8 Å². The van der Waals surface area contributed by atoms with Gasteiger partial charge in [0, 0.05) is 25.6 Å². The maximum absolute atomic E-state index is 10.9. The fraction of sp³-hybridized carbons (Fsp3) is 0.714. The normalized spacial score (nSPS) is 12.6. The first-order valence-corrected chi connectivity index (χ1v) is 9.35. The van der Waals surface area contributed by atoms with Crippen molar-refractivity contribution in [2.45, 2.75) is 39.2 Å². The third-order valence-corrected chi connectivity index (χ3v) is 3.66. The minimum absolute atomic E-state index is 0. The Hall–Kier alpha value is -0.880. The van der Waals surface area contributed by atoms with Crippen LogP contribution in [0.25, 0.3) is 0 Å². The highest BCUT2D eigenvalue weighted by Crippen LogP contribution is 2.22. The second-order valence-electron chi connectivity index (χ2n) is 6.24. The maximum atomic E-state index is 10.9. The van der Waals surface area contributed by atoms with Gasteiger partial charge in [0.05, 0.1) is 19.0 Å². The molecule has 3 N–H and O–H groups in total. The van der Waals surface area contributed by atoms with Crippen LogP contribution in [0.4, 0.5) is 0 Å². The summed E-state index contributed by atoms with van der Waals surface area (Å²) in [7, 11) is -1.46. The van der Waals surface area contributed by atoms with Crippen LogP contribution in [0.2, 0.25) is 0 Å². The summed E-state index contributed by atoms with van der Waals surface area (Å²) < 4.78 is 30.0. The van der Waals surface area contributed by atoms with Crippen molar-refractivity contribution < 1.29 is 12.8 Å². The lowest BCUT2D eigenvalue weighted by Gasteiger charge is -2.13. The lowest BCUT2D eigenvalue weighted by molar-refractivity contribution is 0.379. The number of hydrogen-bond donors (Lipinski definition) is 3. The van der Waals surface area contributed by atoms with Gasteiger partial charge in [-0.25, -0.2) is 18.1 Å². The number of aliphatic imine (C=N–C) groups is 1. The molecule has 1 rings (SSSR count). The molecule has 0 fully saturated rings. The molecule has 140 valence electrons. The van der Waals surface area contributed by atoms with E-state index < -0.39 is 10.0 Å². The quantitative estimate of drug-likeness (QED) is 0.238. The van der Waals surface area contributed by atoms with E-state index in [0.717, 1.165) is 12.0 Å². The lowest BCUT2D eigenvalue weighted by Crippen LogP contribution is -2.38. The molecule has 0 aliphatic heterocycles. The Morgan fingerprint density at radius 2 is 1.96 bits per heavy atom. The first-order valence-electron chi connectivity index (χ1n) is 7.46. The molecule has 0 unspecified atom stereocenters. The van der Waals surface area contributed by atoms with Crippen LogP contribution in [0.1, 0.15) is 38.8 Å². The Morgan fingerprint density at radius 3 is 2.46 bits per heavy atom. The van der Waals surface area contributed by atoms with Crippen molar-refractivity contribution in [3.63, 3.8) is 0 Å². The van der Waals surface area contributed by atoms with E-state index in [-0.39, 0.29) is 29.4 Å². The van der Waals surface area contributed by atoms with Crippen LogP contribution in [0.15, 0.2) is 15.6 Å². The van der Waals surface area contributed by atoms with Crippen molar-refractivity contribution in [3.05, 3.63) is 17.8 Å². The van der Waals surface area contributed by atoms with Crippen LogP contribution in [-0.2, 0) is 22.0 Å². The Morgan fingerprint density at radius 1 is 1.29 bits per heavy atom. The van der Waals surface area contributed by atoms with Gasteiger partial charge in [0.25, 0.3) is 0 Å². The fourth-order valence-electron chi connectivity index (χ4n) is 1.67. The topological polar surface area (TPSA) is 109 Å². The molecule has 0 spiro atoms. The first-order chi connectivity index (χ1) is 10.6. The highest BCUT2D eigenvalue weighted by atomic mass is 127. The van der Waals surface area contributed by atoms with Crippen molar-refractivity contribution in [2.75, 3.05) is 26.4 Å². The molecule has 1 heterocycles. The molecule has 0 atom stereocenters. The number of nitrogens with zero attached hydrogens (tertiary/aromatic N) is 2. The van der Waals surface area contributed by atoms with Gasteiger partial charge in [-0.15, -0.1) is 24.0 Å². The Labute approximate surface area is 161 Å². The van der Waals surface area contributed by atoms with Crippen molar-refractivity contribution in [1.29, 1.82) is 0 Å². The van der Waals surface area contributed by atoms with E-state index >= 15 is 0 Å². The number of halogens is 1. The average Bonchev–Trinajstić information content (AvgIpc) is 2.89. The standard InChI is InChI=1S/C14H27N5O3S.HI/c1-14(2,3)11-9-17-12(22-11)10-18-13(15-4)16-7-6-8-19-23(5,20)21;/h9,19H,6-8,10H2,1-5H3,(H2,15,16,18);1H. The minimum Gasteiger partial charge on any atom is -0.443 e. The molecule has 0 radical (unpaired) electrons. The predicted molar refractivity (Wildman–Crippen MR) is 106 cm³/mol. The van der Waals surface area contributed by atoms with Gasteiger partial charge in [0.15, 0.2) is 5.96 Å². The number of nitrogens with one attached hydrogen (secondary N) is 3. The summed E-state index contributed by atoms with van der Waals surface area (Å²) in [5.74, 6) is 2.04. The molecule has 0 aliphatic carbocycles. The van der Waals surface area contributed by atoms with Gasteiger partial charge in [-0.2, -0.15) is 0 Å². The fourth-order valence-corrected chi connectivity index (χ4v) is 2.19. The average molecular weight is 473 g/mol. The van der Waals surface area contributed by atoms with Crippen molar-refractivity contribution in [2.24, 2.45) is 4.99 Å². The number of aromatic nitrogens is 1. The maximum Gasteiger partial charge on any atom is 0.213 e. The van der Waals surface area contributed by atoms with Crippen LogP contribution >= 0.6 is 24.0 Å². The molecular weight excluding hydrogens is 445 g/mol. The van der Waals surface area contributed by atoms with E-state index in [9.17, 15) is 8.42 Å². The van der Waals surface area contributed by atoms with Gasteiger partial charge in [-0.1, -0.05) is 20.8 Å². The summed E-state index contributed by atoms with van der Waals surface area (Å²) in [6.45, 7) is 7.61. The zero-order chi connectivity index (χ0) is 17.5. The smallest absolute Gasteiger partial charge is 0.213 e. The zero-order valence-corrected chi connectivity index (χ0v) is 18.0. The first kappa shape index (κ1) is 23.1. The van der Waals surface area contributed by atoms with Crippen molar-refractivity contribution in [3.8, 4) is 0 Å². The predicted octanol–water partition coefficient (Wildman–Crippen LogP) is 1.19. The molecule has 0 saturated heterocycles. The molecule has 0 amide bonds. The van der Waals surface area contributed by atoms with E-state index in [1.807, 2.05) is 0 Å². The number of rotatable bonds is 7. The summed E-state index contributed by atoms with van der Waals surface area (Å²) in [6, 6.07) is 0. The summed E-state index contributed by atoms with van der Waals surface area (Å²) in [5, 5.41) is 6.20. The molecule has 0 aromatic carbocycles. The van der Waals surface area contributed by atoms with Gasteiger partial charge >= 0.3 is 0 Å². The molecule has 1 aromatic rings. The zero-order valence-electron chi connectivity index (χ0n) is 14.8. The summed E-state index contributed by atoms with van der Waals surface area (Å²) >= 11 is 0. The van der Waals surface area contributed by atoms with Crippen molar-refractivity contribution in [1.82, 2.24) is 20.3 Å². The van der Waals surface area contributed by atoms with Gasteiger partial charge in [0.1, 0.15) is 5.76 Å².